The summed E-state index contributed by atoms with van der Waals surface area (Å²) in [5.41, 5.74) is 0. The summed E-state index contributed by atoms with van der Waals surface area (Å²) >= 11 is 0. The van der Waals surface area contributed by atoms with E-state index in [0.29, 0.717) is 36.5 Å². The third kappa shape index (κ3) is 52.4. The zero-order valence-corrected chi connectivity index (χ0v) is 16.2. The van der Waals surface area contributed by atoms with Gasteiger partial charge in [-0.05, 0) is 0 Å². The van der Waals surface area contributed by atoms with Crippen LogP contribution in [0.15, 0.2) is 36.5 Å². The van der Waals surface area contributed by atoms with Crippen LogP contribution in [0.2, 0.25) is 0 Å². The minimum atomic E-state index is -1.26. The van der Waals surface area contributed by atoms with Crippen LogP contribution in [0.1, 0.15) is 0 Å². The summed E-state index contributed by atoms with van der Waals surface area (Å²) in [6.45, 7) is 0. The first-order chi connectivity index (χ1) is 10.9. The zero-order valence-electron chi connectivity index (χ0n) is 12.1. The van der Waals surface area contributed by atoms with Crippen LogP contribution in [0.25, 0.3) is 0 Å². The molecule has 0 amide bonds. The monoisotopic (exact) mass is 580 g/mol. The maximum absolute atomic E-state index is 9.55. The van der Waals surface area contributed by atoms with Crippen molar-refractivity contribution in [3.8, 4) is 0 Å². The van der Waals surface area contributed by atoms with Crippen LogP contribution in [0, 0.1) is 39.9 Å². The van der Waals surface area contributed by atoms with Crippen molar-refractivity contribution in [2.24, 2.45) is 0 Å². The van der Waals surface area contributed by atoms with Gasteiger partial charge in [0.15, 0.2) is 0 Å². The Morgan fingerprint density at radius 3 is 0.480 bits per heavy atom. The molecule has 25 heavy (non-hydrogen) atoms. The Morgan fingerprint density at radius 1 is 0.360 bits per heavy atom. The van der Waals surface area contributed by atoms with Gasteiger partial charge in [0.1, 0.15) is 0 Å². The number of carboxylic acid groups (broad SMARTS) is 6. The third-order valence-electron chi connectivity index (χ3n) is 1.11. The number of aliphatic carboxylic acids is 6. The molecule has 12 nitrogen and oxygen atoms in total. The van der Waals surface area contributed by atoms with Crippen LogP contribution in [-0.2, 0) is 28.8 Å². The standard InChI is InChI=1S/3C4H4O4.Th/c3*5-3(6)1-2-4(7)8;/h3*1-2H,(H,5,6)(H,7,8);/b3*2-1+;. The molecule has 0 aliphatic heterocycles. The van der Waals surface area contributed by atoms with Gasteiger partial charge in [-0.1, -0.05) is 0 Å². The predicted octanol–water partition coefficient (Wildman–Crippen LogP) is -0.865. The fourth-order valence-electron chi connectivity index (χ4n) is 0.428. The van der Waals surface area contributed by atoms with Crippen molar-refractivity contribution < 1.29 is 99.3 Å². The summed E-state index contributed by atoms with van der Waals surface area (Å²) in [5.74, 6) is -7.54. The van der Waals surface area contributed by atoms with E-state index in [-0.39, 0.29) is 39.9 Å². The van der Waals surface area contributed by atoms with E-state index in [9.17, 15) is 28.8 Å². The average Bonchev–Trinajstić information content (AvgIpc) is 2.42. The molecule has 0 saturated heterocycles. The second-order valence-corrected chi connectivity index (χ2v) is 3.03. The van der Waals surface area contributed by atoms with Crippen LogP contribution in [0.3, 0.4) is 0 Å². The molecule has 0 radical (unpaired) electrons. The number of hydrogen-bond acceptors (Lipinski definition) is 6. The molecule has 0 aliphatic carbocycles. The topological polar surface area (TPSA) is 224 Å². The van der Waals surface area contributed by atoms with Crippen LogP contribution in [0.4, 0.5) is 0 Å². The second-order valence-electron chi connectivity index (χ2n) is 3.03. The van der Waals surface area contributed by atoms with Crippen molar-refractivity contribution in [1.29, 1.82) is 0 Å². The molecule has 0 aromatic rings. The van der Waals surface area contributed by atoms with Crippen molar-refractivity contribution in [3.63, 3.8) is 0 Å². The first-order valence-electron chi connectivity index (χ1n) is 5.30. The van der Waals surface area contributed by atoms with Crippen molar-refractivity contribution in [2.45, 2.75) is 0 Å². The maximum Gasteiger partial charge on any atom is 0.328 e. The van der Waals surface area contributed by atoms with Crippen LogP contribution in [0.5, 0.6) is 0 Å². The van der Waals surface area contributed by atoms with Gasteiger partial charge in [0.2, 0.25) is 0 Å². The van der Waals surface area contributed by atoms with Gasteiger partial charge in [0.05, 0.1) is 0 Å². The molecular weight excluding hydrogens is 568 g/mol. The van der Waals surface area contributed by atoms with E-state index in [1.54, 1.807) is 0 Å². The summed E-state index contributed by atoms with van der Waals surface area (Å²) in [6, 6.07) is 0. The Kier molecular flexibility index (Phi) is 23.5. The van der Waals surface area contributed by atoms with E-state index in [1.165, 1.54) is 0 Å². The van der Waals surface area contributed by atoms with E-state index in [2.05, 4.69) is 0 Å². The predicted molar refractivity (Wildman–Crippen MR) is 73.2 cm³/mol. The van der Waals surface area contributed by atoms with E-state index in [4.69, 9.17) is 30.6 Å². The van der Waals surface area contributed by atoms with Crippen molar-refractivity contribution in [3.05, 3.63) is 36.5 Å². The molecule has 0 saturated carbocycles. The number of carbonyl (C=O) groups is 6. The van der Waals surface area contributed by atoms with Gasteiger partial charge < -0.3 is 30.6 Å². The number of rotatable bonds is 6. The Labute approximate surface area is 171 Å². The Balaban J connectivity index is -0.000000130. The van der Waals surface area contributed by atoms with Crippen molar-refractivity contribution in [1.82, 2.24) is 0 Å². The average molecular weight is 580 g/mol. The summed E-state index contributed by atoms with van der Waals surface area (Å²) in [6.07, 6.45) is 3.35. The van der Waals surface area contributed by atoms with E-state index in [1.807, 2.05) is 0 Å². The number of carboxylic acids is 6. The van der Waals surface area contributed by atoms with Gasteiger partial charge in [-0.25, -0.2) is 28.8 Å². The van der Waals surface area contributed by atoms with Gasteiger partial charge in [-0.15, -0.1) is 0 Å². The first kappa shape index (κ1) is 30.3. The molecule has 6 N–H and O–H groups in total. The van der Waals surface area contributed by atoms with Crippen LogP contribution >= 0.6 is 0 Å². The Morgan fingerprint density at radius 2 is 0.440 bits per heavy atom. The summed E-state index contributed by atoms with van der Waals surface area (Å²) in [4.78, 5) is 57.3. The molecule has 0 aliphatic rings. The third-order valence-corrected chi connectivity index (χ3v) is 1.11. The van der Waals surface area contributed by atoms with Crippen LogP contribution in [-0.4, -0.2) is 66.5 Å². The SMILES string of the molecule is O=C(O)/C=C/C(=O)O.O=C(O)/C=C/C(=O)O.O=C(O)/C=C/C(=O)O.[Th]. The minimum Gasteiger partial charge on any atom is -0.478 e. The fraction of sp³-hybridized carbons (Fsp3) is 0. The molecule has 0 fully saturated rings. The Hall–Kier alpha value is -2.64. The van der Waals surface area contributed by atoms with E-state index < -0.39 is 35.8 Å². The molecule has 0 spiro atoms. The summed E-state index contributed by atoms with van der Waals surface area (Å²) in [5, 5.41) is 46.9. The molecular formula is C12H12O12Th. The smallest absolute Gasteiger partial charge is 0.328 e. The number of hydrogen-bond donors (Lipinski definition) is 6. The minimum absolute atomic E-state index is 0. The van der Waals surface area contributed by atoms with E-state index >= 15 is 0 Å². The molecule has 136 valence electrons. The van der Waals surface area contributed by atoms with E-state index in [0.717, 1.165) is 0 Å². The van der Waals surface area contributed by atoms with Crippen LogP contribution < -0.4 is 0 Å². The summed E-state index contributed by atoms with van der Waals surface area (Å²) in [7, 11) is 0. The van der Waals surface area contributed by atoms with Crippen molar-refractivity contribution in [2.75, 3.05) is 0 Å². The van der Waals surface area contributed by atoms with Gasteiger partial charge in [-0.2, -0.15) is 0 Å². The van der Waals surface area contributed by atoms with Crippen molar-refractivity contribution >= 4 is 35.8 Å². The molecule has 0 atom stereocenters. The molecule has 0 heterocycles. The molecule has 0 unspecified atom stereocenters. The molecule has 0 aromatic carbocycles. The molecule has 0 rings (SSSR count). The molecule has 0 aromatic heterocycles. The van der Waals surface area contributed by atoms with Gasteiger partial charge in [0, 0.05) is 76.4 Å². The Bertz CT molecular complexity index is 444. The maximum atomic E-state index is 9.55. The quantitative estimate of drug-likeness (QED) is 0.211. The largest absolute Gasteiger partial charge is 0.478 e. The second kappa shape index (κ2) is 19.4. The molecule has 13 heteroatoms. The summed E-state index contributed by atoms with van der Waals surface area (Å²) < 4.78 is 0. The van der Waals surface area contributed by atoms with Gasteiger partial charge >= 0.3 is 35.8 Å². The van der Waals surface area contributed by atoms with Gasteiger partial charge in [0.25, 0.3) is 0 Å². The van der Waals surface area contributed by atoms with Gasteiger partial charge in [-0.3, -0.25) is 0 Å². The normalized spacial score (nSPS) is 9.12. The molecule has 0 bridgehead atoms. The first-order valence-corrected chi connectivity index (χ1v) is 5.30. The fourth-order valence-corrected chi connectivity index (χ4v) is 0.428. The zero-order chi connectivity index (χ0) is 19.7.